The minimum absolute atomic E-state index is 0.000463. The first-order valence-electron chi connectivity index (χ1n) is 6.54. The number of rotatable bonds is 5. The van der Waals surface area contributed by atoms with Gasteiger partial charge in [0.1, 0.15) is 0 Å². The van der Waals surface area contributed by atoms with Gasteiger partial charge in [-0.3, -0.25) is 4.79 Å². The van der Waals surface area contributed by atoms with Gasteiger partial charge in [-0.05, 0) is 31.2 Å². The zero-order chi connectivity index (χ0) is 12.1. The molecular formula is C13H26N2O. The highest BCUT2D eigenvalue weighted by Gasteiger charge is 2.28. The molecule has 3 heteroatoms. The smallest absolute Gasteiger partial charge is 0.239 e. The summed E-state index contributed by atoms with van der Waals surface area (Å²) in [6.45, 7) is 11.4. The second-order valence-corrected chi connectivity index (χ2v) is 5.56. The van der Waals surface area contributed by atoms with E-state index in [1.165, 1.54) is 12.8 Å². The van der Waals surface area contributed by atoms with Crippen molar-refractivity contribution in [3.05, 3.63) is 0 Å². The van der Waals surface area contributed by atoms with Crippen LogP contribution < -0.4 is 5.32 Å². The first-order chi connectivity index (χ1) is 7.52. The number of carbonyl (C=O) groups excluding carboxylic acids is 1. The summed E-state index contributed by atoms with van der Waals surface area (Å²) in [6.07, 6.45) is 2.33. The van der Waals surface area contributed by atoms with Gasteiger partial charge in [-0.25, -0.2) is 0 Å². The van der Waals surface area contributed by atoms with E-state index >= 15 is 0 Å². The Balaban J connectivity index is 2.51. The zero-order valence-corrected chi connectivity index (χ0v) is 11.1. The van der Waals surface area contributed by atoms with Gasteiger partial charge >= 0.3 is 0 Å². The summed E-state index contributed by atoms with van der Waals surface area (Å²) in [5.41, 5.74) is 0. The van der Waals surface area contributed by atoms with Crippen LogP contribution in [0.5, 0.6) is 0 Å². The number of hydrogen-bond donors (Lipinski definition) is 1. The molecule has 1 N–H and O–H groups in total. The molecule has 0 radical (unpaired) electrons. The van der Waals surface area contributed by atoms with Crippen LogP contribution in [0.4, 0.5) is 0 Å². The van der Waals surface area contributed by atoms with Crippen molar-refractivity contribution >= 4 is 5.91 Å². The van der Waals surface area contributed by atoms with Crippen molar-refractivity contribution in [2.45, 2.75) is 46.6 Å². The largest absolute Gasteiger partial charge is 0.341 e. The normalized spacial score (nSPS) is 18.5. The van der Waals surface area contributed by atoms with Crippen LogP contribution in [0.25, 0.3) is 0 Å². The molecule has 0 aromatic heterocycles. The Morgan fingerprint density at radius 1 is 1.19 bits per heavy atom. The fraction of sp³-hybridized carbons (Fsp3) is 0.923. The number of carbonyl (C=O) groups is 1. The van der Waals surface area contributed by atoms with Crippen LogP contribution in [0, 0.1) is 11.8 Å². The van der Waals surface area contributed by atoms with Gasteiger partial charge in [0.15, 0.2) is 0 Å². The summed E-state index contributed by atoms with van der Waals surface area (Å²) in [7, 11) is 0. The monoisotopic (exact) mass is 226 g/mol. The van der Waals surface area contributed by atoms with Gasteiger partial charge in [0, 0.05) is 13.1 Å². The molecule has 1 saturated heterocycles. The molecule has 0 spiro atoms. The lowest BCUT2D eigenvalue weighted by Crippen LogP contribution is -2.49. The first-order valence-corrected chi connectivity index (χ1v) is 6.54. The zero-order valence-electron chi connectivity index (χ0n) is 11.1. The molecule has 0 bridgehead atoms. The van der Waals surface area contributed by atoms with Gasteiger partial charge < -0.3 is 10.2 Å². The van der Waals surface area contributed by atoms with Crippen molar-refractivity contribution in [2.75, 3.05) is 19.6 Å². The maximum Gasteiger partial charge on any atom is 0.239 e. The highest BCUT2D eigenvalue weighted by molar-refractivity contribution is 5.82. The fourth-order valence-corrected chi connectivity index (χ4v) is 2.11. The van der Waals surface area contributed by atoms with Crippen LogP contribution in [-0.2, 0) is 4.79 Å². The maximum absolute atomic E-state index is 12.3. The molecule has 1 fully saturated rings. The van der Waals surface area contributed by atoms with Gasteiger partial charge in [-0.1, -0.05) is 27.7 Å². The van der Waals surface area contributed by atoms with E-state index in [1.807, 2.05) is 4.90 Å². The molecular weight excluding hydrogens is 200 g/mol. The fourth-order valence-electron chi connectivity index (χ4n) is 2.11. The van der Waals surface area contributed by atoms with Crippen molar-refractivity contribution in [2.24, 2.45) is 11.8 Å². The predicted octanol–water partition coefficient (Wildman–Crippen LogP) is 1.88. The Bertz CT molecular complexity index is 220. The van der Waals surface area contributed by atoms with E-state index in [2.05, 4.69) is 33.0 Å². The highest BCUT2D eigenvalue weighted by atomic mass is 16.2. The summed E-state index contributed by atoms with van der Waals surface area (Å²) in [5, 5.41) is 3.40. The third-order valence-corrected chi connectivity index (χ3v) is 3.10. The van der Waals surface area contributed by atoms with E-state index in [1.54, 1.807) is 0 Å². The van der Waals surface area contributed by atoms with E-state index in [4.69, 9.17) is 0 Å². The lowest BCUT2D eigenvalue weighted by molar-refractivity contribution is -0.133. The Morgan fingerprint density at radius 2 is 1.75 bits per heavy atom. The standard InChI is InChI=1S/C13H26N2O/c1-10(2)9-14-12(11(3)4)13(16)15-7-5-6-8-15/h10-12,14H,5-9H2,1-4H3/t12-/m0/s1. The predicted molar refractivity (Wildman–Crippen MR) is 67.3 cm³/mol. The van der Waals surface area contributed by atoms with Crippen LogP contribution in [0.2, 0.25) is 0 Å². The summed E-state index contributed by atoms with van der Waals surface area (Å²) in [5.74, 6) is 1.26. The molecule has 1 aliphatic rings. The number of nitrogens with one attached hydrogen (secondary N) is 1. The summed E-state index contributed by atoms with van der Waals surface area (Å²) >= 11 is 0. The van der Waals surface area contributed by atoms with Crippen molar-refractivity contribution in [3.8, 4) is 0 Å². The molecule has 0 aliphatic carbocycles. The van der Waals surface area contributed by atoms with E-state index in [0.29, 0.717) is 17.7 Å². The number of likely N-dealkylation sites (tertiary alicyclic amines) is 1. The molecule has 1 amide bonds. The van der Waals surface area contributed by atoms with Crippen molar-refractivity contribution in [1.82, 2.24) is 10.2 Å². The molecule has 1 aliphatic heterocycles. The second kappa shape index (κ2) is 6.24. The average molecular weight is 226 g/mol. The highest BCUT2D eigenvalue weighted by Crippen LogP contribution is 2.13. The van der Waals surface area contributed by atoms with Crippen molar-refractivity contribution in [1.29, 1.82) is 0 Å². The molecule has 0 unspecified atom stereocenters. The summed E-state index contributed by atoms with van der Waals surface area (Å²) < 4.78 is 0. The quantitative estimate of drug-likeness (QED) is 0.776. The van der Waals surface area contributed by atoms with Crippen molar-refractivity contribution < 1.29 is 4.79 Å². The van der Waals surface area contributed by atoms with Crippen LogP contribution in [0.3, 0.4) is 0 Å². The van der Waals surface area contributed by atoms with E-state index in [-0.39, 0.29) is 6.04 Å². The van der Waals surface area contributed by atoms with Crippen LogP contribution in [0.15, 0.2) is 0 Å². The van der Waals surface area contributed by atoms with Gasteiger partial charge in [-0.15, -0.1) is 0 Å². The molecule has 0 saturated carbocycles. The minimum Gasteiger partial charge on any atom is -0.341 e. The van der Waals surface area contributed by atoms with Crippen LogP contribution in [0.1, 0.15) is 40.5 Å². The Labute approximate surface area is 99.6 Å². The Morgan fingerprint density at radius 3 is 2.19 bits per heavy atom. The van der Waals surface area contributed by atoms with Gasteiger partial charge in [0.05, 0.1) is 6.04 Å². The molecule has 0 aromatic carbocycles. The van der Waals surface area contributed by atoms with E-state index < -0.39 is 0 Å². The third-order valence-electron chi connectivity index (χ3n) is 3.10. The number of hydrogen-bond acceptors (Lipinski definition) is 2. The Hall–Kier alpha value is -0.570. The van der Waals surface area contributed by atoms with E-state index in [0.717, 1.165) is 19.6 Å². The van der Waals surface area contributed by atoms with Crippen LogP contribution >= 0.6 is 0 Å². The minimum atomic E-state index is 0.000463. The lowest BCUT2D eigenvalue weighted by Gasteiger charge is -2.27. The average Bonchev–Trinajstić information content (AvgIpc) is 2.69. The van der Waals surface area contributed by atoms with Crippen LogP contribution in [-0.4, -0.2) is 36.5 Å². The number of amides is 1. The molecule has 94 valence electrons. The molecule has 1 atom stereocenters. The number of nitrogens with zero attached hydrogens (tertiary/aromatic N) is 1. The van der Waals surface area contributed by atoms with Gasteiger partial charge in [0.2, 0.25) is 5.91 Å². The van der Waals surface area contributed by atoms with Gasteiger partial charge in [-0.2, -0.15) is 0 Å². The molecule has 1 heterocycles. The molecule has 16 heavy (non-hydrogen) atoms. The summed E-state index contributed by atoms with van der Waals surface area (Å²) in [4.78, 5) is 14.3. The Kier molecular flexibility index (Phi) is 5.26. The molecule has 3 nitrogen and oxygen atoms in total. The molecule has 1 rings (SSSR count). The van der Waals surface area contributed by atoms with Gasteiger partial charge in [0.25, 0.3) is 0 Å². The molecule has 0 aromatic rings. The first kappa shape index (κ1) is 13.5. The lowest BCUT2D eigenvalue weighted by atomic mass is 10.0. The van der Waals surface area contributed by atoms with Crippen molar-refractivity contribution in [3.63, 3.8) is 0 Å². The topological polar surface area (TPSA) is 32.3 Å². The maximum atomic E-state index is 12.3. The SMILES string of the molecule is CC(C)CN[C@H](C(=O)N1CCCC1)C(C)C. The third kappa shape index (κ3) is 3.78. The van der Waals surface area contributed by atoms with E-state index in [9.17, 15) is 4.79 Å². The summed E-state index contributed by atoms with van der Waals surface area (Å²) in [6, 6.07) is 0.000463. The second-order valence-electron chi connectivity index (χ2n) is 5.56.